The van der Waals surface area contributed by atoms with E-state index in [0.717, 1.165) is 30.6 Å². The average molecular weight is 299 g/mol. The van der Waals surface area contributed by atoms with Crippen molar-refractivity contribution in [2.75, 3.05) is 5.75 Å². The lowest BCUT2D eigenvalue weighted by Gasteiger charge is -2.27. The molecular formula is C14H19ClN2OS. The van der Waals surface area contributed by atoms with Crippen LogP contribution in [0.2, 0.25) is 5.02 Å². The van der Waals surface area contributed by atoms with Gasteiger partial charge in [0.15, 0.2) is 0 Å². The van der Waals surface area contributed by atoms with Crippen LogP contribution >= 0.6 is 23.4 Å². The summed E-state index contributed by atoms with van der Waals surface area (Å²) in [6.45, 7) is 2.03. The fraction of sp³-hybridized carbons (Fsp3) is 0.500. The van der Waals surface area contributed by atoms with Crippen molar-refractivity contribution >= 4 is 29.3 Å². The minimum absolute atomic E-state index is 0.0327. The number of halogens is 1. The molecule has 1 aromatic rings. The van der Waals surface area contributed by atoms with Crippen LogP contribution in [-0.4, -0.2) is 17.7 Å². The van der Waals surface area contributed by atoms with Crippen LogP contribution in [0.15, 0.2) is 23.1 Å². The maximum absolute atomic E-state index is 12.0. The highest BCUT2D eigenvalue weighted by molar-refractivity contribution is 7.99. The summed E-state index contributed by atoms with van der Waals surface area (Å²) in [5.41, 5.74) is 6.96. The molecule has 3 nitrogen and oxygen atoms in total. The van der Waals surface area contributed by atoms with Crippen LogP contribution in [0.1, 0.15) is 37.8 Å². The van der Waals surface area contributed by atoms with Crippen LogP contribution in [0.3, 0.4) is 0 Å². The first-order chi connectivity index (χ1) is 9.11. The number of hydrogen-bond acceptors (Lipinski definition) is 3. The predicted molar refractivity (Wildman–Crippen MR) is 80.6 cm³/mol. The van der Waals surface area contributed by atoms with Crippen LogP contribution in [0.5, 0.6) is 0 Å². The largest absolute Gasteiger partial charge is 0.348 e. The Hall–Kier alpha value is -0.710. The third kappa shape index (κ3) is 3.65. The fourth-order valence-electron chi connectivity index (χ4n) is 2.24. The van der Waals surface area contributed by atoms with Crippen molar-refractivity contribution < 1.29 is 4.79 Å². The van der Waals surface area contributed by atoms with Crippen molar-refractivity contribution in [1.29, 1.82) is 0 Å². The van der Waals surface area contributed by atoms with Crippen molar-refractivity contribution in [3.63, 3.8) is 0 Å². The number of benzene rings is 1. The smallest absolute Gasteiger partial charge is 0.237 e. The number of fused-ring (bicyclic) bond motifs is 1. The van der Waals surface area contributed by atoms with E-state index in [9.17, 15) is 4.79 Å². The molecule has 104 valence electrons. The molecule has 19 heavy (non-hydrogen) atoms. The first kappa shape index (κ1) is 14.7. The summed E-state index contributed by atoms with van der Waals surface area (Å²) in [7, 11) is 0. The van der Waals surface area contributed by atoms with Gasteiger partial charge in [-0.25, -0.2) is 0 Å². The molecule has 0 spiro atoms. The van der Waals surface area contributed by atoms with Crippen LogP contribution in [0.25, 0.3) is 0 Å². The van der Waals surface area contributed by atoms with Crippen molar-refractivity contribution in [3.05, 3.63) is 28.8 Å². The molecule has 1 amide bonds. The molecule has 2 atom stereocenters. The van der Waals surface area contributed by atoms with Crippen molar-refractivity contribution in [1.82, 2.24) is 5.32 Å². The Morgan fingerprint density at radius 1 is 1.63 bits per heavy atom. The number of carbonyl (C=O) groups is 1. The molecule has 2 rings (SSSR count). The van der Waals surface area contributed by atoms with Gasteiger partial charge in [-0.15, -0.1) is 11.8 Å². The molecule has 0 saturated carbocycles. The summed E-state index contributed by atoms with van der Waals surface area (Å²) in [4.78, 5) is 13.2. The van der Waals surface area contributed by atoms with Gasteiger partial charge in [-0.2, -0.15) is 0 Å². The van der Waals surface area contributed by atoms with Gasteiger partial charge in [0.25, 0.3) is 0 Å². The summed E-state index contributed by atoms with van der Waals surface area (Å²) in [5.74, 6) is 0.937. The molecule has 0 aromatic heterocycles. The number of carbonyl (C=O) groups excluding carboxylic acids is 1. The van der Waals surface area contributed by atoms with E-state index < -0.39 is 6.04 Å². The molecule has 0 saturated heterocycles. The molecule has 1 heterocycles. The molecular weight excluding hydrogens is 280 g/mol. The van der Waals surface area contributed by atoms with Crippen molar-refractivity contribution in [2.24, 2.45) is 5.73 Å². The zero-order valence-electron chi connectivity index (χ0n) is 11.0. The molecule has 1 aliphatic heterocycles. The van der Waals surface area contributed by atoms with E-state index in [0.29, 0.717) is 5.02 Å². The number of amides is 1. The molecule has 1 aromatic carbocycles. The number of nitrogens with one attached hydrogen (secondary N) is 1. The van der Waals surface area contributed by atoms with Crippen molar-refractivity contribution in [2.45, 2.75) is 43.2 Å². The van der Waals surface area contributed by atoms with E-state index in [2.05, 4.69) is 5.32 Å². The van der Waals surface area contributed by atoms with Gasteiger partial charge in [0.2, 0.25) is 5.91 Å². The third-order valence-corrected chi connectivity index (χ3v) is 4.62. The van der Waals surface area contributed by atoms with E-state index in [4.69, 9.17) is 17.3 Å². The van der Waals surface area contributed by atoms with Crippen molar-refractivity contribution in [3.8, 4) is 0 Å². The van der Waals surface area contributed by atoms with Gasteiger partial charge in [0, 0.05) is 15.7 Å². The van der Waals surface area contributed by atoms with Gasteiger partial charge in [-0.1, -0.05) is 24.9 Å². The highest BCUT2D eigenvalue weighted by atomic mass is 35.5. The van der Waals surface area contributed by atoms with Crippen LogP contribution in [-0.2, 0) is 4.79 Å². The van der Waals surface area contributed by atoms with Gasteiger partial charge in [0.05, 0.1) is 12.1 Å². The van der Waals surface area contributed by atoms with E-state index in [1.807, 2.05) is 25.1 Å². The molecule has 0 fully saturated rings. The Balaban J connectivity index is 2.11. The minimum Gasteiger partial charge on any atom is -0.348 e. The fourth-order valence-corrected chi connectivity index (χ4v) is 3.52. The Morgan fingerprint density at radius 2 is 2.42 bits per heavy atom. The van der Waals surface area contributed by atoms with E-state index in [1.54, 1.807) is 11.8 Å². The van der Waals surface area contributed by atoms with Gasteiger partial charge in [-0.3, -0.25) is 4.79 Å². The number of rotatable bonds is 4. The molecule has 0 bridgehead atoms. The van der Waals surface area contributed by atoms with Gasteiger partial charge >= 0.3 is 0 Å². The second-order valence-electron chi connectivity index (χ2n) is 4.78. The predicted octanol–water partition coefficient (Wildman–Crippen LogP) is 3.12. The Bertz CT molecular complexity index is 467. The molecule has 5 heteroatoms. The van der Waals surface area contributed by atoms with Gasteiger partial charge < -0.3 is 11.1 Å². The zero-order valence-corrected chi connectivity index (χ0v) is 12.6. The minimum atomic E-state index is -0.415. The number of thioether (sulfide) groups is 1. The van der Waals surface area contributed by atoms with E-state index in [1.165, 1.54) is 4.90 Å². The standard InChI is InChI=1S/C14H19ClN2OS/c1-2-3-11(16)14(18)17-12-6-7-19-13-5-4-9(15)8-10(12)13/h4-5,8,11-12H,2-3,6-7,16H2,1H3,(H,17,18)/t11-,12+/m0/s1. The van der Waals surface area contributed by atoms with Gasteiger partial charge in [-0.05, 0) is 36.6 Å². The molecule has 0 radical (unpaired) electrons. The summed E-state index contributed by atoms with van der Waals surface area (Å²) >= 11 is 7.85. The van der Waals surface area contributed by atoms with E-state index >= 15 is 0 Å². The zero-order chi connectivity index (χ0) is 13.8. The lowest BCUT2D eigenvalue weighted by molar-refractivity contribution is -0.123. The van der Waals surface area contributed by atoms with Crippen LogP contribution in [0, 0.1) is 0 Å². The highest BCUT2D eigenvalue weighted by Gasteiger charge is 2.24. The molecule has 3 N–H and O–H groups in total. The number of hydrogen-bond donors (Lipinski definition) is 2. The Morgan fingerprint density at radius 3 is 3.16 bits per heavy atom. The summed E-state index contributed by atoms with van der Waals surface area (Å²) in [6.07, 6.45) is 2.55. The first-order valence-electron chi connectivity index (χ1n) is 6.60. The quantitative estimate of drug-likeness (QED) is 0.898. The second kappa shape index (κ2) is 6.64. The third-order valence-electron chi connectivity index (χ3n) is 3.26. The second-order valence-corrected chi connectivity index (χ2v) is 6.35. The summed E-state index contributed by atoms with van der Waals surface area (Å²) < 4.78 is 0. The summed E-state index contributed by atoms with van der Waals surface area (Å²) in [6, 6.07) is 5.47. The van der Waals surface area contributed by atoms with E-state index in [-0.39, 0.29) is 11.9 Å². The maximum Gasteiger partial charge on any atom is 0.237 e. The first-order valence-corrected chi connectivity index (χ1v) is 7.96. The van der Waals surface area contributed by atoms with Crippen LogP contribution in [0.4, 0.5) is 0 Å². The Labute approximate surface area is 123 Å². The Kier molecular flexibility index (Phi) is 5.13. The average Bonchev–Trinajstić information content (AvgIpc) is 2.39. The normalized spacial score (nSPS) is 19.6. The highest BCUT2D eigenvalue weighted by Crippen LogP contribution is 2.37. The summed E-state index contributed by atoms with van der Waals surface area (Å²) in [5, 5.41) is 3.76. The van der Waals surface area contributed by atoms with Gasteiger partial charge in [0.1, 0.15) is 0 Å². The molecule has 0 unspecified atom stereocenters. The lowest BCUT2D eigenvalue weighted by atomic mass is 10.0. The lowest BCUT2D eigenvalue weighted by Crippen LogP contribution is -2.42. The topological polar surface area (TPSA) is 55.1 Å². The monoisotopic (exact) mass is 298 g/mol. The molecule has 1 aliphatic rings. The number of nitrogens with two attached hydrogens (primary N) is 1. The maximum atomic E-state index is 12.0. The van der Waals surface area contributed by atoms with Crippen LogP contribution < -0.4 is 11.1 Å². The SMILES string of the molecule is CCC[C@H](N)C(=O)N[C@@H]1CCSc2ccc(Cl)cc21. The molecule has 0 aliphatic carbocycles.